The predicted molar refractivity (Wildman–Crippen MR) is 79.1 cm³/mol. The average molecular weight is 299 g/mol. The van der Waals surface area contributed by atoms with E-state index in [0.717, 1.165) is 30.2 Å². The second-order valence-electron chi connectivity index (χ2n) is 6.09. The highest BCUT2D eigenvalue weighted by atomic mass is 19.4. The van der Waals surface area contributed by atoms with Gasteiger partial charge in [-0.3, -0.25) is 0 Å². The summed E-state index contributed by atoms with van der Waals surface area (Å²) in [5.74, 6) is 0.825. The smallest absolute Gasteiger partial charge is 0.310 e. The van der Waals surface area contributed by atoms with E-state index in [4.69, 9.17) is 0 Å². The van der Waals surface area contributed by atoms with Gasteiger partial charge < -0.3 is 5.32 Å². The van der Waals surface area contributed by atoms with Gasteiger partial charge in [0.2, 0.25) is 0 Å². The molecule has 0 saturated heterocycles. The molecule has 0 amide bonds. The van der Waals surface area contributed by atoms with Crippen LogP contribution in [0.4, 0.5) is 13.2 Å². The molecular weight excluding hydrogens is 275 g/mol. The Hall–Kier alpha value is -1.03. The SMILES string of the molecule is CC(NCCC1CCCCC1)c1ccc(C(F)(F)F)cc1. The standard InChI is InChI=1S/C17H24F3N/c1-13(21-12-11-14-5-3-2-4-6-14)15-7-9-16(10-8-15)17(18,19)20/h7-10,13-14,21H,2-6,11-12H2,1H3. The molecule has 21 heavy (non-hydrogen) atoms. The van der Waals surface area contributed by atoms with Gasteiger partial charge in [0.05, 0.1) is 5.56 Å². The molecule has 2 rings (SSSR count). The van der Waals surface area contributed by atoms with Crippen LogP contribution in [-0.2, 0) is 6.18 Å². The minimum absolute atomic E-state index is 0.0934. The molecule has 1 saturated carbocycles. The van der Waals surface area contributed by atoms with E-state index in [1.807, 2.05) is 6.92 Å². The van der Waals surface area contributed by atoms with E-state index in [1.165, 1.54) is 38.5 Å². The average Bonchev–Trinajstić information content (AvgIpc) is 2.47. The van der Waals surface area contributed by atoms with Gasteiger partial charge in [-0.2, -0.15) is 13.2 Å². The van der Waals surface area contributed by atoms with Gasteiger partial charge in [0, 0.05) is 6.04 Å². The number of hydrogen-bond donors (Lipinski definition) is 1. The number of rotatable bonds is 5. The monoisotopic (exact) mass is 299 g/mol. The van der Waals surface area contributed by atoms with E-state index >= 15 is 0 Å². The molecule has 0 spiro atoms. The van der Waals surface area contributed by atoms with Crippen LogP contribution < -0.4 is 5.32 Å². The van der Waals surface area contributed by atoms with E-state index in [0.29, 0.717) is 0 Å². The number of hydrogen-bond acceptors (Lipinski definition) is 1. The van der Waals surface area contributed by atoms with Crippen LogP contribution in [0.3, 0.4) is 0 Å². The number of nitrogens with one attached hydrogen (secondary N) is 1. The van der Waals surface area contributed by atoms with Gasteiger partial charge in [-0.05, 0) is 43.5 Å². The van der Waals surface area contributed by atoms with Crippen molar-refractivity contribution in [2.24, 2.45) is 5.92 Å². The molecule has 0 radical (unpaired) electrons. The molecule has 1 aromatic rings. The Morgan fingerprint density at radius 2 is 1.71 bits per heavy atom. The third-order valence-electron chi connectivity index (χ3n) is 4.47. The van der Waals surface area contributed by atoms with Crippen molar-refractivity contribution in [3.8, 4) is 0 Å². The summed E-state index contributed by atoms with van der Waals surface area (Å²) in [6.07, 6.45) is 3.64. The van der Waals surface area contributed by atoms with E-state index in [9.17, 15) is 13.2 Å². The number of benzene rings is 1. The quantitative estimate of drug-likeness (QED) is 0.775. The third kappa shape index (κ3) is 5.03. The molecule has 1 aliphatic carbocycles. The normalized spacial score (nSPS) is 18.7. The lowest BCUT2D eigenvalue weighted by Crippen LogP contribution is -2.22. The van der Waals surface area contributed by atoms with Crippen molar-refractivity contribution in [1.29, 1.82) is 0 Å². The molecule has 0 bridgehead atoms. The fourth-order valence-corrected chi connectivity index (χ4v) is 3.06. The fraction of sp³-hybridized carbons (Fsp3) is 0.647. The van der Waals surface area contributed by atoms with E-state index in [-0.39, 0.29) is 6.04 Å². The summed E-state index contributed by atoms with van der Waals surface area (Å²) in [6.45, 7) is 2.94. The lowest BCUT2D eigenvalue weighted by Gasteiger charge is -2.23. The lowest BCUT2D eigenvalue weighted by atomic mass is 9.87. The minimum atomic E-state index is -4.25. The maximum Gasteiger partial charge on any atom is 0.416 e. The minimum Gasteiger partial charge on any atom is -0.310 e. The van der Waals surface area contributed by atoms with Crippen molar-refractivity contribution in [3.05, 3.63) is 35.4 Å². The predicted octanol–water partition coefficient (Wildman–Crippen LogP) is 5.33. The van der Waals surface area contributed by atoms with Gasteiger partial charge in [-0.25, -0.2) is 0 Å². The second kappa shape index (κ2) is 7.30. The highest BCUT2D eigenvalue weighted by Gasteiger charge is 2.30. The van der Waals surface area contributed by atoms with Crippen LogP contribution in [0.2, 0.25) is 0 Å². The van der Waals surface area contributed by atoms with Crippen molar-refractivity contribution in [1.82, 2.24) is 5.32 Å². The molecular formula is C17H24F3N. The maximum atomic E-state index is 12.5. The first-order valence-corrected chi connectivity index (χ1v) is 7.87. The molecule has 0 aliphatic heterocycles. The zero-order valence-corrected chi connectivity index (χ0v) is 12.5. The van der Waals surface area contributed by atoms with Gasteiger partial charge in [0.1, 0.15) is 0 Å². The van der Waals surface area contributed by atoms with Crippen LogP contribution in [0.15, 0.2) is 24.3 Å². The largest absolute Gasteiger partial charge is 0.416 e. The summed E-state index contributed by atoms with van der Waals surface area (Å²) in [5, 5.41) is 3.42. The van der Waals surface area contributed by atoms with Crippen molar-refractivity contribution in [2.75, 3.05) is 6.54 Å². The zero-order chi connectivity index (χ0) is 15.3. The van der Waals surface area contributed by atoms with Crippen molar-refractivity contribution >= 4 is 0 Å². The molecule has 1 aromatic carbocycles. The molecule has 1 fully saturated rings. The van der Waals surface area contributed by atoms with Gasteiger partial charge in [0.25, 0.3) is 0 Å². The molecule has 1 unspecified atom stereocenters. The van der Waals surface area contributed by atoms with Gasteiger partial charge in [0.15, 0.2) is 0 Å². The van der Waals surface area contributed by atoms with Crippen LogP contribution in [0.25, 0.3) is 0 Å². The molecule has 0 aromatic heterocycles. The molecule has 4 heteroatoms. The number of alkyl halides is 3. The van der Waals surface area contributed by atoms with Crippen molar-refractivity contribution in [3.63, 3.8) is 0 Å². The van der Waals surface area contributed by atoms with E-state index < -0.39 is 11.7 Å². The summed E-state index contributed by atoms with van der Waals surface area (Å²) >= 11 is 0. The summed E-state index contributed by atoms with van der Waals surface area (Å²) in [6, 6.07) is 5.56. The molecule has 1 N–H and O–H groups in total. The van der Waals surface area contributed by atoms with Crippen LogP contribution in [0.1, 0.15) is 62.6 Å². The topological polar surface area (TPSA) is 12.0 Å². The van der Waals surface area contributed by atoms with Crippen LogP contribution in [0, 0.1) is 5.92 Å². The molecule has 1 atom stereocenters. The first-order valence-electron chi connectivity index (χ1n) is 7.87. The van der Waals surface area contributed by atoms with E-state index in [1.54, 1.807) is 12.1 Å². The summed E-state index contributed by atoms with van der Waals surface area (Å²) in [4.78, 5) is 0. The fourth-order valence-electron chi connectivity index (χ4n) is 3.06. The Kier molecular flexibility index (Phi) is 5.68. The Morgan fingerprint density at radius 3 is 2.29 bits per heavy atom. The first kappa shape index (κ1) is 16.3. The molecule has 0 heterocycles. The Bertz CT molecular complexity index is 419. The molecule has 118 valence electrons. The Balaban J connectivity index is 1.78. The van der Waals surface area contributed by atoms with E-state index in [2.05, 4.69) is 5.32 Å². The van der Waals surface area contributed by atoms with Gasteiger partial charge >= 0.3 is 6.18 Å². The van der Waals surface area contributed by atoms with Crippen molar-refractivity contribution in [2.45, 2.75) is 57.7 Å². The summed E-state index contributed by atoms with van der Waals surface area (Å²) in [5.41, 5.74) is 0.326. The first-order chi connectivity index (χ1) is 9.97. The Labute approximate surface area is 124 Å². The van der Waals surface area contributed by atoms with Crippen LogP contribution in [-0.4, -0.2) is 6.54 Å². The van der Waals surface area contributed by atoms with Crippen LogP contribution >= 0.6 is 0 Å². The Morgan fingerprint density at radius 1 is 1.10 bits per heavy atom. The zero-order valence-electron chi connectivity index (χ0n) is 12.5. The second-order valence-corrected chi connectivity index (χ2v) is 6.09. The number of halogens is 3. The van der Waals surface area contributed by atoms with Gasteiger partial charge in [-0.1, -0.05) is 44.2 Å². The molecule has 1 aliphatic rings. The van der Waals surface area contributed by atoms with Gasteiger partial charge in [-0.15, -0.1) is 0 Å². The summed E-state index contributed by atoms with van der Waals surface area (Å²) < 4.78 is 37.5. The third-order valence-corrected chi connectivity index (χ3v) is 4.47. The maximum absolute atomic E-state index is 12.5. The van der Waals surface area contributed by atoms with Crippen LogP contribution in [0.5, 0.6) is 0 Å². The lowest BCUT2D eigenvalue weighted by molar-refractivity contribution is -0.137. The highest BCUT2D eigenvalue weighted by Crippen LogP contribution is 2.30. The molecule has 1 nitrogen and oxygen atoms in total. The highest BCUT2D eigenvalue weighted by molar-refractivity contribution is 5.26. The van der Waals surface area contributed by atoms with Crippen molar-refractivity contribution < 1.29 is 13.2 Å². The summed E-state index contributed by atoms with van der Waals surface area (Å²) in [7, 11) is 0.